The molecule has 0 bridgehead atoms. The second-order valence-electron chi connectivity index (χ2n) is 7.54. The van der Waals surface area contributed by atoms with Gasteiger partial charge in [-0.3, -0.25) is 4.79 Å². The van der Waals surface area contributed by atoms with E-state index in [0.717, 1.165) is 25.7 Å². The maximum absolute atomic E-state index is 12.8. The molecule has 2 fully saturated rings. The van der Waals surface area contributed by atoms with E-state index in [-0.39, 0.29) is 35.4 Å². The van der Waals surface area contributed by atoms with Gasteiger partial charge in [0.15, 0.2) is 0 Å². The number of nitrogens with one attached hydrogen (secondary N) is 1. The van der Waals surface area contributed by atoms with Gasteiger partial charge in [-0.2, -0.15) is 5.26 Å². The van der Waals surface area contributed by atoms with E-state index in [9.17, 15) is 13.2 Å². The van der Waals surface area contributed by atoms with Crippen LogP contribution in [0.1, 0.15) is 44.1 Å². The first-order valence-corrected chi connectivity index (χ1v) is 11.3. The minimum Gasteiger partial charge on any atom is -0.366 e. The van der Waals surface area contributed by atoms with Gasteiger partial charge in [0.2, 0.25) is 5.91 Å². The lowest BCUT2D eigenvalue weighted by atomic mass is 9.84. The van der Waals surface area contributed by atoms with Crippen molar-refractivity contribution < 1.29 is 13.2 Å². The molecule has 3 rings (SSSR count). The predicted molar refractivity (Wildman–Crippen MR) is 103 cm³/mol. The van der Waals surface area contributed by atoms with Gasteiger partial charge in [-0.05, 0) is 50.7 Å². The summed E-state index contributed by atoms with van der Waals surface area (Å²) < 4.78 is 23.2. The van der Waals surface area contributed by atoms with Crippen LogP contribution in [0.25, 0.3) is 0 Å². The number of hydrogen-bond donors (Lipinski definition) is 1. The van der Waals surface area contributed by atoms with Crippen molar-refractivity contribution in [3.63, 3.8) is 0 Å². The number of carbonyl (C=O) groups is 1. The third-order valence-corrected chi connectivity index (χ3v) is 7.48. The lowest BCUT2D eigenvalue weighted by Gasteiger charge is -2.36. The summed E-state index contributed by atoms with van der Waals surface area (Å²) in [4.78, 5) is 18.8. The molecule has 2 heterocycles. The predicted octanol–water partition coefficient (Wildman–Crippen LogP) is 1.96. The molecule has 0 radical (unpaired) electrons. The van der Waals surface area contributed by atoms with Crippen LogP contribution in [0.3, 0.4) is 0 Å². The molecule has 7 nitrogen and oxygen atoms in total. The number of carbonyl (C=O) groups excluding carboxylic acids is 1. The van der Waals surface area contributed by atoms with E-state index in [4.69, 9.17) is 5.26 Å². The van der Waals surface area contributed by atoms with Crippen molar-refractivity contribution >= 4 is 21.6 Å². The van der Waals surface area contributed by atoms with Crippen molar-refractivity contribution in [2.75, 3.05) is 23.9 Å². The number of pyridine rings is 1. The normalized spacial score (nSPS) is 25.3. The molecule has 1 aromatic rings. The number of amides is 1. The standard InChI is InChI=1S/C19H26N4O3S/c1-23(17-8-11-27(25,26)12-9-17)19(24)14-4-6-16(7-5-14)22-18-15(13-20)3-2-10-21-18/h2-3,10,14,16-17H,4-9,11-12H2,1H3,(H,21,22). The first-order valence-electron chi connectivity index (χ1n) is 9.48. The zero-order valence-corrected chi connectivity index (χ0v) is 16.4. The molecule has 1 aliphatic heterocycles. The molecule has 1 N–H and O–H groups in total. The number of aromatic nitrogens is 1. The molecule has 1 amide bonds. The van der Waals surface area contributed by atoms with E-state index in [2.05, 4.69) is 16.4 Å². The molecule has 1 saturated carbocycles. The molecule has 2 aliphatic rings. The Hall–Kier alpha value is -2.14. The number of nitrogens with zero attached hydrogens (tertiary/aromatic N) is 3. The van der Waals surface area contributed by atoms with E-state index in [1.165, 1.54) is 0 Å². The highest BCUT2D eigenvalue weighted by molar-refractivity contribution is 7.91. The summed E-state index contributed by atoms with van der Waals surface area (Å²) in [6.07, 6.45) is 6.03. The molecule has 1 aromatic heterocycles. The highest BCUT2D eigenvalue weighted by Gasteiger charge is 2.33. The quantitative estimate of drug-likeness (QED) is 0.843. The van der Waals surface area contributed by atoms with Gasteiger partial charge >= 0.3 is 0 Å². The molecular weight excluding hydrogens is 364 g/mol. The summed E-state index contributed by atoms with van der Waals surface area (Å²) in [5.74, 6) is 1.09. The van der Waals surface area contributed by atoms with Crippen LogP contribution in [0.4, 0.5) is 5.82 Å². The minimum absolute atomic E-state index is 0.00856. The fourth-order valence-electron chi connectivity index (χ4n) is 4.02. The van der Waals surface area contributed by atoms with Crippen LogP contribution in [0.2, 0.25) is 0 Å². The smallest absolute Gasteiger partial charge is 0.225 e. The second kappa shape index (κ2) is 8.26. The molecule has 8 heteroatoms. The maximum atomic E-state index is 12.8. The van der Waals surface area contributed by atoms with Crippen LogP contribution in [0, 0.1) is 17.2 Å². The minimum atomic E-state index is -2.92. The Balaban J connectivity index is 1.51. The largest absolute Gasteiger partial charge is 0.366 e. The highest BCUT2D eigenvalue weighted by atomic mass is 32.2. The van der Waals surface area contributed by atoms with Gasteiger partial charge in [0.05, 0.1) is 17.1 Å². The molecular formula is C19H26N4O3S. The monoisotopic (exact) mass is 390 g/mol. The summed E-state index contributed by atoms with van der Waals surface area (Å²) in [6, 6.07) is 5.86. The first kappa shape index (κ1) is 19.6. The second-order valence-corrected chi connectivity index (χ2v) is 9.84. The molecule has 0 atom stereocenters. The molecule has 1 aliphatic carbocycles. The van der Waals surface area contributed by atoms with Crippen LogP contribution in [-0.4, -0.2) is 54.8 Å². The van der Waals surface area contributed by atoms with Crippen molar-refractivity contribution in [2.45, 2.75) is 50.6 Å². The van der Waals surface area contributed by atoms with Crippen LogP contribution in [-0.2, 0) is 14.6 Å². The number of anilines is 1. The van der Waals surface area contributed by atoms with E-state index in [1.807, 2.05) is 7.05 Å². The van der Waals surface area contributed by atoms with Gasteiger partial charge < -0.3 is 10.2 Å². The van der Waals surface area contributed by atoms with Crippen molar-refractivity contribution in [1.29, 1.82) is 5.26 Å². The van der Waals surface area contributed by atoms with Crippen molar-refractivity contribution in [1.82, 2.24) is 9.88 Å². The maximum Gasteiger partial charge on any atom is 0.225 e. The average Bonchev–Trinajstić information content (AvgIpc) is 2.68. The lowest BCUT2D eigenvalue weighted by Crippen LogP contribution is -2.45. The summed E-state index contributed by atoms with van der Waals surface area (Å²) in [6.45, 7) is 0. The Kier molecular flexibility index (Phi) is 6.00. The van der Waals surface area contributed by atoms with Crippen molar-refractivity contribution in [3.8, 4) is 6.07 Å². The molecule has 27 heavy (non-hydrogen) atoms. The summed E-state index contributed by atoms with van der Waals surface area (Å²) in [7, 11) is -1.11. The van der Waals surface area contributed by atoms with Gasteiger partial charge in [0.1, 0.15) is 21.7 Å². The van der Waals surface area contributed by atoms with E-state index >= 15 is 0 Å². The van der Waals surface area contributed by atoms with Gasteiger partial charge in [-0.15, -0.1) is 0 Å². The Morgan fingerprint density at radius 1 is 1.22 bits per heavy atom. The topological polar surface area (TPSA) is 103 Å². The zero-order chi connectivity index (χ0) is 19.4. The molecule has 0 spiro atoms. The summed E-state index contributed by atoms with van der Waals surface area (Å²) >= 11 is 0. The summed E-state index contributed by atoms with van der Waals surface area (Å²) in [5, 5.41) is 12.5. The summed E-state index contributed by atoms with van der Waals surface area (Å²) in [5.41, 5.74) is 0.530. The van der Waals surface area contributed by atoms with Crippen LogP contribution < -0.4 is 5.32 Å². The molecule has 0 unspecified atom stereocenters. The number of nitriles is 1. The number of sulfone groups is 1. The Bertz CT molecular complexity index is 812. The van der Waals surface area contributed by atoms with Gasteiger partial charge in [0.25, 0.3) is 0 Å². The fourth-order valence-corrected chi connectivity index (χ4v) is 5.49. The van der Waals surface area contributed by atoms with Crippen LogP contribution in [0.5, 0.6) is 0 Å². The lowest BCUT2D eigenvalue weighted by molar-refractivity contribution is -0.137. The van der Waals surface area contributed by atoms with Gasteiger partial charge in [-0.1, -0.05) is 0 Å². The Labute approximate surface area is 160 Å². The average molecular weight is 391 g/mol. The fraction of sp³-hybridized carbons (Fsp3) is 0.632. The Morgan fingerprint density at radius 2 is 1.89 bits per heavy atom. The van der Waals surface area contributed by atoms with E-state index < -0.39 is 9.84 Å². The highest BCUT2D eigenvalue weighted by Crippen LogP contribution is 2.29. The van der Waals surface area contributed by atoms with Crippen molar-refractivity contribution in [3.05, 3.63) is 23.9 Å². The van der Waals surface area contributed by atoms with Crippen molar-refractivity contribution in [2.24, 2.45) is 5.92 Å². The van der Waals surface area contributed by atoms with Gasteiger partial charge in [0, 0.05) is 31.2 Å². The number of rotatable bonds is 4. The molecule has 146 valence electrons. The zero-order valence-electron chi connectivity index (χ0n) is 15.6. The Morgan fingerprint density at radius 3 is 2.52 bits per heavy atom. The first-order chi connectivity index (χ1) is 12.9. The third-order valence-electron chi connectivity index (χ3n) is 5.76. The molecule has 0 aromatic carbocycles. The van der Waals surface area contributed by atoms with Crippen LogP contribution >= 0.6 is 0 Å². The van der Waals surface area contributed by atoms with Gasteiger partial charge in [-0.25, -0.2) is 13.4 Å². The van der Waals surface area contributed by atoms with E-state index in [0.29, 0.717) is 24.2 Å². The third kappa shape index (κ3) is 4.78. The molecule has 1 saturated heterocycles. The van der Waals surface area contributed by atoms with Crippen LogP contribution in [0.15, 0.2) is 18.3 Å². The SMILES string of the molecule is CN(C(=O)C1CCC(Nc2ncccc2C#N)CC1)C1CCS(=O)(=O)CC1. The van der Waals surface area contributed by atoms with E-state index in [1.54, 1.807) is 23.2 Å². The number of hydrogen-bond acceptors (Lipinski definition) is 6.